The van der Waals surface area contributed by atoms with E-state index in [0.717, 1.165) is 12.8 Å². The minimum absolute atomic E-state index is 0. The van der Waals surface area contributed by atoms with Crippen LogP contribution in [0.5, 0.6) is 0 Å². The molecule has 3 heteroatoms. The molecule has 3 aromatic carbocycles. The van der Waals surface area contributed by atoms with E-state index in [4.69, 9.17) is 0 Å². The van der Waals surface area contributed by atoms with Crippen LogP contribution >= 0.6 is 24.8 Å². The van der Waals surface area contributed by atoms with Gasteiger partial charge in [-0.25, -0.2) is 18.1 Å². The van der Waals surface area contributed by atoms with Gasteiger partial charge in [0, 0.05) is 0 Å². The average Bonchev–Trinajstić information content (AvgIpc) is 3.84. The van der Waals surface area contributed by atoms with Gasteiger partial charge in [0.05, 0.1) is 0 Å². The van der Waals surface area contributed by atoms with E-state index in [-0.39, 0.29) is 46.5 Å². The summed E-state index contributed by atoms with van der Waals surface area (Å²) in [7, 11) is 0. The standard InChI is InChI=1S/C29H37.2C8H9.C5H5.CH2.2ClH.Zr/c1-18-25-22-17-19-13-9-10-14-20(19)24(22)21-15-11-12-16-23(21)29(25,8)28(6,7)27(4,5)26(18,2)3;2*1-7-5-3-4-6-8(7)2;1-2-4-5-3-1;;;;/h9-11,13-15,23H,12,16-17H2,1-8H3;2*3,5-6H,1-2H3;1-3H,4H2;1H2;2*1H;/q4*-1;;;;. The summed E-state index contributed by atoms with van der Waals surface area (Å²) < 4.78 is 3.34. The number of halogens is 2. The van der Waals surface area contributed by atoms with Gasteiger partial charge in [-0.2, -0.15) is 88.0 Å². The first-order chi connectivity index (χ1) is 24.6. The summed E-state index contributed by atoms with van der Waals surface area (Å²) in [5.41, 5.74) is 15.6. The van der Waals surface area contributed by atoms with Crippen LogP contribution in [0.1, 0.15) is 108 Å². The van der Waals surface area contributed by atoms with Gasteiger partial charge in [0.1, 0.15) is 0 Å². The molecule has 0 radical (unpaired) electrons. The first-order valence-electron chi connectivity index (χ1n) is 19.1. The van der Waals surface area contributed by atoms with E-state index in [1.807, 2.05) is 36.4 Å². The fourth-order valence-corrected chi connectivity index (χ4v) is 9.09. The second-order valence-electron chi connectivity index (χ2n) is 16.8. The Balaban J connectivity index is 0.000000328. The van der Waals surface area contributed by atoms with Gasteiger partial charge in [-0.1, -0.05) is 141 Å². The average molecular weight is 839 g/mol. The Morgan fingerprint density at radius 3 is 1.80 bits per heavy atom. The molecule has 0 spiro atoms. The molecule has 0 heterocycles. The van der Waals surface area contributed by atoms with Crippen molar-refractivity contribution in [1.29, 1.82) is 0 Å². The zero-order valence-corrected chi connectivity index (χ0v) is 39.2. The molecular weight excluding hydrogens is 775 g/mol. The maximum absolute atomic E-state index is 3.34. The van der Waals surface area contributed by atoms with Gasteiger partial charge in [-0.15, -0.1) is 38.2 Å². The van der Waals surface area contributed by atoms with Crippen LogP contribution in [0.2, 0.25) is 0 Å². The summed E-state index contributed by atoms with van der Waals surface area (Å²) in [4.78, 5) is 0. The molecule has 0 bridgehead atoms. The fraction of sp³-hybridized carbons (Fsp3) is 0.412. The number of hydrogen-bond donors (Lipinski definition) is 0. The molecule has 290 valence electrons. The predicted octanol–water partition coefficient (Wildman–Crippen LogP) is 14.3. The van der Waals surface area contributed by atoms with Gasteiger partial charge in [0.2, 0.25) is 0 Å². The number of rotatable bonds is 0. The Morgan fingerprint density at radius 1 is 0.759 bits per heavy atom. The van der Waals surface area contributed by atoms with E-state index in [1.165, 1.54) is 70.5 Å². The number of hydrogen-bond acceptors (Lipinski definition) is 0. The first kappa shape index (κ1) is 47.7. The van der Waals surface area contributed by atoms with Crippen molar-refractivity contribution in [1.82, 2.24) is 0 Å². The molecule has 2 unspecified atom stereocenters. The SMILES string of the molecule is C[C-]1C2=C3Cc4ccccc4C3=C3C=CCCC3C2(C)C(C)(C)C(C)(C)C1(C)C.Cc1c[c-]ccc1C.Cc1c[c-]ccc1C.Cl.Cl.[C-]1=CC=CC1.[CH2]=[Zr]. The predicted molar refractivity (Wildman–Crippen MR) is 237 cm³/mol. The van der Waals surface area contributed by atoms with Crippen LogP contribution in [-0.4, -0.2) is 4.21 Å². The van der Waals surface area contributed by atoms with E-state index < -0.39 is 0 Å². The van der Waals surface area contributed by atoms with E-state index in [0.29, 0.717) is 5.92 Å². The van der Waals surface area contributed by atoms with Gasteiger partial charge >= 0.3 is 28.4 Å². The summed E-state index contributed by atoms with van der Waals surface area (Å²) in [6.07, 6.45) is 18.5. The quantitative estimate of drug-likeness (QED) is 0.198. The molecule has 1 saturated carbocycles. The summed E-state index contributed by atoms with van der Waals surface area (Å²) in [5.74, 6) is 2.24. The first-order valence-corrected chi connectivity index (χ1v) is 20.8. The third-order valence-electron chi connectivity index (χ3n) is 14.1. The normalized spacial score (nSPS) is 22.3. The summed E-state index contributed by atoms with van der Waals surface area (Å²) in [6.45, 7) is 28.7. The summed E-state index contributed by atoms with van der Waals surface area (Å²) in [5, 5.41) is 0. The van der Waals surface area contributed by atoms with Crippen LogP contribution in [0.4, 0.5) is 0 Å². The molecule has 0 amide bonds. The molecule has 0 nitrogen and oxygen atoms in total. The van der Waals surface area contributed by atoms with Crippen LogP contribution in [0.3, 0.4) is 0 Å². The zero-order chi connectivity index (χ0) is 38.5. The summed E-state index contributed by atoms with van der Waals surface area (Å²) in [6, 6.07) is 27.2. The van der Waals surface area contributed by atoms with Gasteiger partial charge in [0.25, 0.3) is 0 Å². The van der Waals surface area contributed by atoms with Gasteiger partial charge in [-0.05, 0) is 40.6 Å². The van der Waals surface area contributed by atoms with E-state index in [9.17, 15) is 0 Å². The molecule has 2 atom stereocenters. The van der Waals surface area contributed by atoms with Crippen LogP contribution in [0, 0.1) is 79.4 Å². The fourth-order valence-electron chi connectivity index (χ4n) is 9.09. The molecule has 1 fully saturated rings. The topological polar surface area (TPSA) is 0 Å². The van der Waals surface area contributed by atoms with Crippen molar-refractivity contribution < 1.29 is 24.2 Å². The van der Waals surface area contributed by atoms with Crippen LogP contribution < -0.4 is 0 Å². The van der Waals surface area contributed by atoms with E-state index >= 15 is 0 Å². The van der Waals surface area contributed by atoms with Gasteiger partial charge in [0.15, 0.2) is 0 Å². The Kier molecular flexibility index (Phi) is 17.3. The molecule has 3 aromatic rings. The molecule has 0 N–H and O–H groups in total. The van der Waals surface area contributed by atoms with Crippen LogP contribution in [-0.2, 0) is 30.7 Å². The van der Waals surface area contributed by atoms with E-state index in [1.54, 1.807) is 28.2 Å². The Morgan fingerprint density at radius 2 is 1.33 bits per heavy atom. The zero-order valence-electron chi connectivity index (χ0n) is 35.1. The second-order valence-corrected chi connectivity index (χ2v) is 16.8. The van der Waals surface area contributed by atoms with Crippen molar-refractivity contribution in [2.45, 2.75) is 109 Å². The molecule has 5 aliphatic carbocycles. The third kappa shape index (κ3) is 8.75. The Bertz CT molecular complexity index is 1780. The molecule has 0 aromatic heterocycles. The number of allylic oxidation sites excluding steroid dienone is 10. The Labute approximate surface area is 358 Å². The van der Waals surface area contributed by atoms with Crippen molar-refractivity contribution in [2.24, 2.45) is 27.6 Å². The molecule has 0 saturated heterocycles. The van der Waals surface area contributed by atoms with Gasteiger partial charge in [-0.3, -0.25) is 6.08 Å². The van der Waals surface area contributed by atoms with Crippen molar-refractivity contribution in [2.75, 3.05) is 0 Å². The molecule has 5 aliphatic rings. The maximum atomic E-state index is 3.34. The monoisotopic (exact) mass is 836 g/mol. The Hall–Kier alpha value is -2.44. The van der Waals surface area contributed by atoms with Crippen molar-refractivity contribution in [3.63, 3.8) is 0 Å². The molecule has 54 heavy (non-hydrogen) atoms. The van der Waals surface area contributed by atoms with E-state index in [2.05, 4.69) is 160 Å². The number of aryl methyl sites for hydroxylation is 4. The molecule has 0 aliphatic heterocycles. The number of fused-ring (bicyclic) bond motifs is 6. The van der Waals surface area contributed by atoms with Crippen molar-refractivity contribution in [3.8, 4) is 0 Å². The van der Waals surface area contributed by atoms with Crippen molar-refractivity contribution >= 4 is 34.6 Å². The number of benzene rings is 3. The van der Waals surface area contributed by atoms with Gasteiger partial charge < -0.3 is 0 Å². The molecule has 8 rings (SSSR count). The van der Waals surface area contributed by atoms with Crippen molar-refractivity contribution in [3.05, 3.63) is 165 Å². The third-order valence-corrected chi connectivity index (χ3v) is 14.1. The summed E-state index contributed by atoms with van der Waals surface area (Å²) >= 11 is 1.30. The van der Waals surface area contributed by atoms with Crippen LogP contribution in [0.15, 0.2) is 108 Å². The minimum atomic E-state index is 0. The molecular formula is C51H64Cl2Zr-4. The van der Waals surface area contributed by atoms with Crippen LogP contribution in [0.25, 0.3) is 5.57 Å². The second kappa shape index (κ2) is 19.6.